The number of hydrogen-bond acceptors (Lipinski definition) is 2. The third kappa shape index (κ3) is 4.07. The van der Waals surface area contributed by atoms with Gasteiger partial charge in [0.25, 0.3) is 0 Å². The molecule has 0 spiro atoms. The van der Waals surface area contributed by atoms with Crippen molar-refractivity contribution in [2.24, 2.45) is 5.92 Å². The first kappa shape index (κ1) is 12.9. The molecule has 0 amide bonds. The average Bonchev–Trinajstić information content (AvgIpc) is 2.22. The summed E-state index contributed by atoms with van der Waals surface area (Å²) in [6.45, 7) is 4.89. The molecule has 3 heteroatoms. The van der Waals surface area contributed by atoms with Crippen LogP contribution in [0.25, 0.3) is 0 Å². The van der Waals surface area contributed by atoms with E-state index in [1.54, 1.807) is 0 Å². The van der Waals surface area contributed by atoms with Crippen LogP contribution in [0, 0.1) is 5.92 Å². The van der Waals surface area contributed by atoms with E-state index in [1.165, 1.54) is 5.56 Å². The number of rotatable bonds is 5. The summed E-state index contributed by atoms with van der Waals surface area (Å²) in [5.41, 5.74) is 1.33. The molecule has 0 aliphatic carbocycles. The van der Waals surface area contributed by atoms with Crippen molar-refractivity contribution in [1.29, 1.82) is 0 Å². The fourth-order valence-electron chi connectivity index (χ4n) is 1.41. The van der Waals surface area contributed by atoms with Gasteiger partial charge in [-0.1, -0.05) is 13.0 Å². The molecule has 1 aromatic rings. The lowest BCUT2D eigenvalue weighted by Gasteiger charge is -2.10. The normalized spacial score (nSPS) is 12.5. The Morgan fingerprint density at radius 2 is 2.20 bits per heavy atom. The highest BCUT2D eigenvalue weighted by atomic mass is 79.9. The molecule has 0 aromatic heterocycles. The number of benzene rings is 1. The van der Waals surface area contributed by atoms with Crippen LogP contribution in [0.4, 0.5) is 0 Å². The van der Waals surface area contributed by atoms with Crippen LogP contribution in [0.3, 0.4) is 0 Å². The fourth-order valence-corrected chi connectivity index (χ4v) is 2.08. The maximum absolute atomic E-state index is 5.46. The van der Waals surface area contributed by atoms with E-state index in [1.807, 2.05) is 13.0 Å². The van der Waals surface area contributed by atoms with Gasteiger partial charge in [-0.25, -0.2) is 0 Å². The first-order chi connectivity index (χ1) is 7.17. The second-order valence-corrected chi connectivity index (χ2v) is 4.91. The van der Waals surface area contributed by atoms with Crippen LogP contribution < -0.4 is 4.74 Å². The minimum Gasteiger partial charge on any atom is -0.493 e. The predicted molar refractivity (Wildman–Crippen MR) is 72.0 cm³/mol. The van der Waals surface area contributed by atoms with E-state index in [4.69, 9.17) is 4.74 Å². The lowest BCUT2D eigenvalue weighted by Crippen LogP contribution is -2.01. The van der Waals surface area contributed by atoms with E-state index in [-0.39, 0.29) is 0 Å². The van der Waals surface area contributed by atoms with Crippen molar-refractivity contribution in [3.63, 3.8) is 0 Å². The third-order valence-electron chi connectivity index (χ3n) is 2.19. The van der Waals surface area contributed by atoms with Gasteiger partial charge in [0.15, 0.2) is 0 Å². The molecular formula is C12H17BrOS. The minimum absolute atomic E-state index is 0.609. The van der Waals surface area contributed by atoms with Gasteiger partial charge in [0, 0.05) is 0 Å². The van der Waals surface area contributed by atoms with Crippen molar-refractivity contribution < 1.29 is 4.74 Å². The zero-order chi connectivity index (χ0) is 11.3. The lowest BCUT2D eigenvalue weighted by molar-refractivity contribution is 0.338. The standard InChI is InChI=1S/C12H17BrOS/c1-3-14-12-5-4-10(7-11(12)13)6-9(2)8-15/h4-5,7,9,15H,3,6,8H2,1-2H3. The molecule has 0 aliphatic rings. The molecule has 0 radical (unpaired) electrons. The third-order valence-corrected chi connectivity index (χ3v) is 3.44. The molecular weight excluding hydrogens is 272 g/mol. The van der Waals surface area contributed by atoms with E-state index in [2.05, 4.69) is 47.6 Å². The van der Waals surface area contributed by atoms with Crippen LogP contribution in [-0.2, 0) is 6.42 Å². The Labute approximate surface area is 106 Å². The van der Waals surface area contributed by atoms with Crippen molar-refractivity contribution in [2.45, 2.75) is 20.3 Å². The summed E-state index contributed by atoms with van der Waals surface area (Å²) in [6.07, 6.45) is 1.06. The highest BCUT2D eigenvalue weighted by Crippen LogP contribution is 2.27. The molecule has 0 aliphatic heterocycles. The summed E-state index contributed by atoms with van der Waals surface area (Å²) in [4.78, 5) is 0. The molecule has 0 saturated carbocycles. The van der Waals surface area contributed by atoms with Crippen LogP contribution in [0.15, 0.2) is 22.7 Å². The van der Waals surface area contributed by atoms with Crippen molar-refractivity contribution >= 4 is 28.6 Å². The molecule has 0 bridgehead atoms. The van der Waals surface area contributed by atoms with Gasteiger partial charge < -0.3 is 4.74 Å². The second-order valence-electron chi connectivity index (χ2n) is 3.69. The quantitative estimate of drug-likeness (QED) is 0.807. The van der Waals surface area contributed by atoms with Crippen molar-refractivity contribution in [3.8, 4) is 5.75 Å². The van der Waals surface area contributed by atoms with Crippen LogP contribution in [0.2, 0.25) is 0 Å². The van der Waals surface area contributed by atoms with E-state index >= 15 is 0 Å². The minimum atomic E-state index is 0.609. The molecule has 1 nitrogen and oxygen atoms in total. The zero-order valence-electron chi connectivity index (χ0n) is 9.16. The predicted octanol–water partition coefficient (Wildman–Crippen LogP) is 3.96. The Balaban J connectivity index is 2.73. The van der Waals surface area contributed by atoms with E-state index in [0.717, 1.165) is 22.4 Å². The topological polar surface area (TPSA) is 9.23 Å². The Kier molecular flexibility index (Phi) is 5.54. The molecule has 0 heterocycles. The fraction of sp³-hybridized carbons (Fsp3) is 0.500. The van der Waals surface area contributed by atoms with Gasteiger partial charge in [-0.2, -0.15) is 12.6 Å². The molecule has 15 heavy (non-hydrogen) atoms. The molecule has 1 unspecified atom stereocenters. The molecule has 1 aromatic carbocycles. The zero-order valence-corrected chi connectivity index (χ0v) is 11.6. The van der Waals surface area contributed by atoms with Gasteiger partial charge >= 0.3 is 0 Å². The Hall–Kier alpha value is -0.150. The first-order valence-corrected chi connectivity index (χ1v) is 6.62. The summed E-state index contributed by atoms with van der Waals surface area (Å²) >= 11 is 7.80. The van der Waals surface area contributed by atoms with E-state index in [0.29, 0.717) is 12.5 Å². The summed E-state index contributed by atoms with van der Waals surface area (Å²) in [6, 6.07) is 6.27. The van der Waals surface area contributed by atoms with Crippen LogP contribution in [0.5, 0.6) is 5.75 Å². The summed E-state index contributed by atoms with van der Waals surface area (Å²) in [7, 11) is 0. The molecule has 0 fully saturated rings. The Bertz CT molecular complexity index is 314. The lowest BCUT2D eigenvalue weighted by atomic mass is 10.0. The Morgan fingerprint density at radius 3 is 2.73 bits per heavy atom. The highest BCUT2D eigenvalue weighted by Gasteiger charge is 2.05. The molecule has 0 N–H and O–H groups in total. The van der Waals surface area contributed by atoms with E-state index < -0.39 is 0 Å². The highest BCUT2D eigenvalue weighted by molar-refractivity contribution is 9.10. The summed E-state index contributed by atoms with van der Waals surface area (Å²) < 4.78 is 6.50. The van der Waals surface area contributed by atoms with Gasteiger partial charge in [0.05, 0.1) is 11.1 Å². The average molecular weight is 289 g/mol. The van der Waals surface area contributed by atoms with Crippen LogP contribution in [-0.4, -0.2) is 12.4 Å². The van der Waals surface area contributed by atoms with Gasteiger partial charge in [0.1, 0.15) is 5.75 Å². The van der Waals surface area contributed by atoms with Gasteiger partial charge in [-0.15, -0.1) is 0 Å². The number of halogens is 1. The van der Waals surface area contributed by atoms with Crippen LogP contribution >= 0.6 is 28.6 Å². The second kappa shape index (κ2) is 6.44. The van der Waals surface area contributed by atoms with Gasteiger partial charge in [0.2, 0.25) is 0 Å². The van der Waals surface area contributed by atoms with Crippen molar-refractivity contribution in [1.82, 2.24) is 0 Å². The van der Waals surface area contributed by atoms with Crippen LogP contribution in [0.1, 0.15) is 19.4 Å². The van der Waals surface area contributed by atoms with Gasteiger partial charge in [-0.3, -0.25) is 0 Å². The molecule has 84 valence electrons. The molecule has 1 atom stereocenters. The monoisotopic (exact) mass is 288 g/mol. The maximum Gasteiger partial charge on any atom is 0.133 e. The number of ether oxygens (including phenoxy) is 1. The molecule has 1 rings (SSSR count). The molecule has 0 saturated heterocycles. The number of thiol groups is 1. The largest absolute Gasteiger partial charge is 0.493 e. The number of hydrogen-bond donors (Lipinski definition) is 1. The SMILES string of the molecule is CCOc1ccc(CC(C)CS)cc1Br. The van der Waals surface area contributed by atoms with Gasteiger partial charge in [-0.05, 0) is 58.6 Å². The first-order valence-electron chi connectivity index (χ1n) is 5.19. The summed E-state index contributed by atoms with van der Waals surface area (Å²) in [5.74, 6) is 2.45. The smallest absolute Gasteiger partial charge is 0.133 e. The summed E-state index contributed by atoms with van der Waals surface area (Å²) in [5, 5.41) is 0. The van der Waals surface area contributed by atoms with Crippen molar-refractivity contribution in [3.05, 3.63) is 28.2 Å². The Morgan fingerprint density at radius 1 is 1.47 bits per heavy atom. The van der Waals surface area contributed by atoms with Crippen molar-refractivity contribution in [2.75, 3.05) is 12.4 Å². The van der Waals surface area contributed by atoms with E-state index in [9.17, 15) is 0 Å². The maximum atomic E-state index is 5.46.